The van der Waals surface area contributed by atoms with Gasteiger partial charge in [-0.3, -0.25) is 4.57 Å². The second-order valence-electron chi connectivity index (χ2n) is 8.68. The number of hydrogen-bond acceptors (Lipinski definition) is 4. The fourth-order valence-corrected chi connectivity index (χ4v) is 3.02. The lowest BCUT2D eigenvalue weighted by Gasteiger charge is -2.32. The Morgan fingerprint density at radius 2 is 1.73 bits per heavy atom. The summed E-state index contributed by atoms with van der Waals surface area (Å²) in [6.07, 6.45) is 1.27. The molecule has 140 valence electrons. The molecule has 0 aliphatic carbocycles. The van der Waals surface area contributed by atoms with Crippen molar-refractivity contribution < 1.29 is 18.8 Å². The minimum Gasteiger partial charge on any atom is -0.443 e. The van der Waals surface area contributed by atoms with Gasteiger partial charge in [0.15, 0.2) is 0 Å². The van der Waals surface area contributed by atoms with Crippen LogP contribution in [0.1, 0.15) is 48.5 Å². The van der Waals surface area contributed by atoms with E-state index in [1.165, 1.54) is 4.57 Å². The maximum absolute atomic E-state index is 12.7. The quantitative estimate of drug-likeness (QED) is 0.692. The molecular weight excluding hydrogens is 352 g/mol. The summed E-state index contributed by atoms with van der Waals surface area (Å²) in [6.45, 7) is 13.5. The van der Waals surface area contributed by atoms with Crippen LogP contribution in [0.5, 0.6) is 0 Å². The van der Waals surface area contributed by atoms with Crippen LogP contribution in [0.4, 0.5) is 4.79 Å². The normalized spacial score (nSPS) is 19.2. The number of fused-ring (bicyclic) bond motifs is 1. The maximum atomic E-state index is 12.7. The number of ether oxygens (including phenoxy) is 1. The van der Waals surface area contributed by atoms with E-state index in [0.717, 1.165) is 10.8 Å². The smallest absolute Gasteiger partial charge is 0.443 e. The van der Waals surface area contributed by atoms with Crippen molar-refractivity contribution in [2.24, 2.45) is 0 Å². The van der Waals surface area contributed by atoms with Gasteiger partial charge in [0.2, 0.25) is 0 Å². The van der Waals surface area contributed by atoms with Crippen LogP contribution in [0, 0.1) is 0 Å². The number of benzene rings is 1. The van der Waals surface area contributed by atoms with Gasteiger partial charge in [0, 0.05) is 22.1 Å². The molecular formula is C19H25BClNO4. The van der Waals surface area contributed by atoms with Gasteiger partial charge in [-0.05, 0) is 66.7 Å². The van der Waals surface area contributed by atoms with Crippen LogP contribution in [0.15, 0.2) is 24.4 Å². The number of halogens is 1. The number of carbonyl (C=O) groups excluding carboxylic acids is 1. The van der Waals surface area contributed by atoms with Gasteiger partial charge in [-0.15, -0.1) is 0 Å². The van der Waals surface area contributed by atoms with Crippen LogP contribution in [0.2, 0.25) is 5.02 Å². The standard InChI is InChI=1S/C19H25BClNO4/c1-17(2,3)24-16(23)22-11-14(13-10-12(21)8-9-15(13)22)20-25-18(4,5)19(6,7)26-20/h8-11H,1-7H3. The Hall–Kier alpha value is -1.50. The second-order valence-corrected chi connectivity index (χ2v) is 9.12. The minimum absolute atomic E-state index is 0.451. The molecule has 5 nitrogen and oxygen atoms in total. The van der Waals surface area contributed by atoms with Crippen molar-refractivity contribution in [3.8, 4) is 0 Å². The van der Waals surface area contributed by atoms with E-state index in [4.69, 9.17) is 25.6 Å². The van der Waals surface area contributed by atoms with E-state index in [1.807, 2.05) is 54.5 Å². The zero-order chi connectivity index (χ0) is 19.5. The van der Waals surface area contributed by atoms with Crippen molar-refractivity contribution in [2.75, 3.05) is 0 Å². The van der Waals surface area contributed by atoms with Crippen LogP contribution >= 0.6 is 11.6 Å². The third-order valence-electron chi connectivity index (χ3n) is 4.89. The number of aromatic nitrogens is 1. The summed E-state index contributed by atoms with van der Waals surface area (Å²) in [5.41, 5.74) is -0.0852. The van der Waals surface area contributed by atoms with Crippen molar-refractivity contribution in [1.82, 2.24) is 4.57 Å². The number of carbonyl (C=O) groups is 1. The van der Waals surface area contributed by atoms with Gasteiger partial charge in [-0.2, -0.15) is 0 Å². The first-order valence-corrected chi connectivity index (χ1v) is 9.08. The van der Waals surface area contributed by atoms with Crippen molar-refractivity contribution in [3.05, 3.63) is 29.4 Å². The van der Waals surface area contributed by atoms with Crippen molar-refractivity contribution in [1.29, 1.82) is 0 Å². The Morgan fingerprint density at radius 1 is 1.15 bits per heavy atom. The van der Waals surface area contributed by atoms with Gasteiger partial charge in [-0.25, -0.2) is 4.79 Å². The van der Waals surface area contributed by atoms with E-state index in [2.05, 4.69) is 0 Å². The molecule has 26 heavy (non-hydrogen) atoms. The molecule has 0 bridgehead atoms. The Kier molecular flexibility index (Phi) is 4.45. The molecule has 1 aliphatic rings. The first-order valence-electron chi connectivity index (χ1n) is 8.70. The molecule has 0 spiro atoms. The predicted octanol–water partition coefficient (Wildman–Crippen LogP) is 4.38. The van der Waals surface area contributed by atoms with Crippen molar-refractivity contribution >= 4 is 41.2 Å². The molecule has 2 aromatic rings. The average molecular weight is 378 g/mol. The van der Waals surface area contributed by atoms with Gasteiger partial charge in [0.05, 0.1) is 16.7 Å². The van der Waals surface area contributed by atoms with Crippen LogP contribution in [-0.2, 0) is 14.0 Å². The Labute approximate surface area is 159 Å². The minimum atomic E-state index is -0.593. The third-order valence-corrected chi connectivity index (χ3v) is 5.13. The van der Waals surface area contributed by atoms with Gasteiger partial charge in [0.25, 0.3) is 0 Å². The molecule has 1 aromatic carbocycles. The third kappa shape index (κ3) is 3.38. The van der Waals surface area contributed by atoms with Crippen LogP contribution in [0.3, 0.4) is 0 Å². The molecule has 1 aromatic heterocycles. The first-order chi connectivity index (χ1) is 11.8. The highest BCUT2D eigenvalue weighted by Gasteiger charge is 2.52. The first kappa shape index (κ1) is 19.3. The summed E-state index contributed by atoms with van der Waals surface area (Å²) < 4.78 is 19.3. The van der Waals surface area contributed by atoms with Crippen molar-refractivity contribution in [3.63, 3.8) is 0 Å². The predicted molar refractivity (Wildman–Crippen MR) is 104 cm³/mol. The second kappa shape index (κ2) is 6.01. The van der Waals surface area contributed by atoms with Crippen LogP contribution in [0.25, 0.3) is 10.9 Å². The summed E-state index contributed by atoms with van der Waals surface area (Å²) in [4.78, 5) is 12.7. The van der Waals surface area contributed by atoms with Crippen LogP contribution < -0.4 is 5.46 Å². The van der Waals surface area contributed by atoms with E-state index >= 15 is 0 Å². The van der Waals surface area contributed by atoms with E-state index in [1.54, 1.807) is 18.3 Å². The zero-order valence-corrected chi connectivity index (χ0v) is 17.1. The Balaban J connectivity index is 2.10. The summed E-state index contributed by atoms with van der Waals surface area (Å²) in [5.74, 6) is 0. The topological polar surface area (TPSA) is 49.7 Å². The van der Waals surface area contributed by atoms with E-state index in [-0.39, 0.29) is 0 Å². The summed E-state index contributed by atoms with van der Waals surface area (Å²) in [6, 6.07) is 5.37. The SMILES string of the molecule is CC(C)(C)OC(=O)n1cc(B2OC(C)(C)C(C)(C)O2)c2cc(Cl)ccc21. The number of rotatable bonds is 1. The molecule has 0 radical (unpaired) electrons. The largest absolute Gasteiger partial charge is 0.497 e. The maximum Gasteiger partial charge on any atom is 0.497 e. The zero-order valence-electron chi connectivity index (χ0n) is 16.3. The summed E-state index contributed by atoms with van der Waals surface area (Å²) in [7, 11) is -0.593. The molecule has 1 saturated heterocycles. The van der Waals surface area contributed by atoms with Gasteiger partial charge < -0.3 is 14.0 Å². The molecule has 1 aliphatic heterocycles. The lowest BCUT2D eigenvalue weighted by atomic mass is 9.79. The Morgan fingerprint density at radius 3 is 2.27 bits per heavy atom. The van der Waals surface area contributed by atoms with Crippen LogP contribution in [-0.4, -0.2) is 34.6 Å². The fraction of sp³-hybridized carbons (Fsp3) is 0.526. The summed E-state index contributed by atoms with van der Waals surface area (Å²) >= 11 is 6.20. The molecule has 2 heterocycles. The van der Waals surface area contributed by atoms with Gasteiger partial charge >= 0.3 is 13.2 Å². The molecule has 0 saturated carbocycles. The molecule has 0 atom stereocenters. The van der Waals surface area contributed by atoms with E-state index in [0.29, 0.717) is 10.5 Å². The molecule has 7 heteroatoms. The average Bonchev–Trinajstić information content (AvgIpc) is 2.91. The molecule has 1 fully saturated rings. The highest BCUT2D eigenvalue weighted by molar-refractivity contribution is 6.65. The lowest BCUT2D eigenvalue weighted by Crippen LogP contribution is -2.41. The van der Waals surface area contributed by atoms with Gasteiger partial charge in [-0.1, -0.05) is 11.6 Å². The lowest BCUT2D eigenvalue weighted by molar-refractivity contribution is 0.00578. The highest BCUT2D eigenvalue weighted by atomic mass is 35.5. The van der Waals surface area contributed by atoms with E-state index < -0.39 is 30.0 Å². The molecule has 0 amide bonds. The molecule has 0 N–H and O–H groups in total. The van der Waals surface area contributed by atoms with Gasteiger partial charge in [0.1, 0.15) is 5.60 Å². The summed E-state index contributed by atoms with van der Waals surface area (Å²) in [5, 5.41) is 1.39. The monoisotopic (exact) mass is 377 g/mol. The highest BCUT2D eigenvalue weighted by Crippen LogP contribution is 2.37. The fourth-order valence-electron chi connectivity index (χ4n) is 2.85. The number of nitrogens with zero attached hydrogens (tertiary/aromatic N) is 1. The van der Waals surface area contributed by atoms with Crippen molar-refractivity contribution in [2.45, 2.75) is 65.3 Å². The number of hydrogen-bond donors (Lipinski definition) is 0. The molecule has 0 unspecified atom stereocenters. The van der Waals surface area contributed by atoms with E-state index in [9.17, 15) is 4.79 Å². The molecule has 3 rings (SSSR count). The Bertz CT molecular complexity index is 850.